The average Bonchev–Trinajstić information content (AvgIpc) is 3.38. The number of aromatic nitrogens is 1. The molecule has 0 saturated carbocycles. The number of benzene rings is 3. The van der Waals surface area contributed by atoms with E-state index in [4.69, 9.17) is 4.74 Å². The third kappa shape index (κ3) is 7.27. The minimum absolute atomic E-state index is 0.0513. The molecule has 0 saturated heterocycles. The van der Waals surface area contributed by atoms with Crippen LogP contribution in [0.5, 0.6) is 5.75 Å². The molecule has 0 spiro atoms. The topological polar surface area (TPSA) is 184 Å². The third-order valence-electron chi connectivity index (χ3n) is 5.31. The van der Waals surface area contributed by atoms with E-state index in [1.165, 1.54) is 72.1 Å². The number of hydrogen-bond donors (Lipinski definition) is 2. The van der Waals surface area contributed by atoms with Gasteiger partial charge in [-0.05, 0) is 57.2 Å². The molecule has 41 heavy (non-hydrogen) atoms. The van der Waals surface area contributed by atoms with Gasteiger partial charge in [-0.25, -0.2) is 22.9 Å². The molecule has 15 heteroatoms. The second kappa shape index (κ2) is 11.4. The summed E-state index contributed by atoms with van der Waals surface area (Å²) in [7, 11) is -4.10. The van der Waals surface area contributed by atoms with Gasteiger partial charge in [-0.3, -0.25) is 25.5 Å². The van der Waals surface area contributed by atoms with Gasteiger partial charge in [-0.15, -0.1) is 11.3 Å². The van der Waals surface area contributed by atoms with E-state index in [1.54, 1.807) is 32.9 Å². The van der Waals surface area contributed by atoms with Crippen molar-refractivity contribution in [1.82, 2.24) is 9.71 Å². The SMILES string of the molecule is CC(C)(C)NS(=O)(=O)c1cc(NC(=O)Oc2ccc([N+](=O)[O-])cc2)ccc1-c1cnc(-c2ccc([N+](=O)[O-])cc2)s1. The Hall–Kier alpha value is -4.73. The zero-order chi connectivity index (χ0) is 29.9. The quantitative estimate of drug-likeness (QED) is 0.182. The Morgan fingerprint density at radius 3 is 2.07 bits per heavy atom. The van der Waals surface area contributed by atoms with Crippen molar-refractivity contribution in [3.63, 3.8) is 0 Å². The molecule has 0 aliphatic carbocycles. The van der Waals surface area contributed by atoms with Crippen molar-refractivity contribution in [3.05, 3.63) is 93.2 Å². The highest BCUT2D eigenvalue weighted by atomic mass is 32.2. The number of nitro benzene ring substituents is 2. The average molecular weight is 598 g/mol. The highest BCUT2D eigenvalue weighted by Gasteiger charge is 2.27. The van der Waals surface area contributed by atoms with Gasteiger partial charge in [0.05, 0.1) is 19.6 Å². The molecular weight excluding hydrogens is 574 g/mol. The van der Waals surface area contributed by atoms with E-state index in [9.17, 15) is 33.4 Å². The number of non-ortho nitro benzene ring substituents is 2. The van der Waals surface area contributed by atoms with Crippen molar-refractivity contribution in [2.75, 3.05) is 5.32 Å². The number of sulfonamides is 1. The van der Waals surface area contributed by atoms with Crippen molar-refractivity contribution in [2.45, 2.75) is 31.2 Å². The van der Waals surface area contributed by atoms with Crippen LogP contribution in [0, 0.1) is 20.2 Å². The second-order valence-corrected chi connectivity index (χ2v) is 12.3. The number of nitro groups is 2. The second-order valence-electron chi connectivity index (χ2n) is 9.67. The molecule has 3 aromatic carbocycles. The van der Waals surface area contributed by atoms with Crippen LogP contribution < -0.4 is 14.8 Å². The van der Waals surface area contributed by atoms with Crippen LogP contribution in [-0.4, -0.2) is 34.9 Å². The number of carbonyl (C=O) groups excluding carboxylic acids is 1. The van der Waals surface area contributed by atoms with E-state index in [-0.39, 0.29) is 27.7 Å². The fourth-order valence-corrected chi connectivity index (χ4v) is 6.32. The number of amides is 1. The number of nitrogens with one attached hydrogen (secondary N) is 2. The standard InChI is InChI=1S/C26H23N5O8S2/c1-26(2,3)29-41(37,38)23-14-17(28-25(32)39-20-11-9-19(10-12-20)31(35)36)6-13-21(23)22-15-27-24(40-22)16-4-7-18(8-5-16)30(33)34/h4-15,29H,1-3H3,(H,28,32). The molecule has 1 aromatic heterocycles. The summed E-state index contributed by atoms with van der Waals surface area (Å²) in [5.74, 6) is 0.0513. The number of ether oxygens (including phenoxy) is 1. The number of carbonyl (C=O) groups is 1. The number of thiazole rings is 1. The summed E-state index contributed by atoms with van der Waals surface area (Å²) in [5, 5.41) is 24.8. The first-order chi connectivity index (χ1) is 19.2. The van der Waals surface area contributed by atoms with E-state index in [1.807, 2.05) is 0 Å². The van der Waals surface area contributed by atoms with Gasteiger partial charge in [0.15, 0.2) is 0 Å². The van der Waals surface area contributed by atoms with Gasteiger partial charge in [0.1, 0.15) is 10.8 Å². The summed E-state index contributed by atoms with van der Waals surface area (Å²) < 4.78 is 34.7. The molecule has 4 rings (SSSR count). The van der Waals surface area contributed by atoms with Crippen LogP contribution in [0.2, 0.25) is 0 Å². The molecule has 1 heterocycles. The fourth-order valence-electron chi connectivity index (χ4n) is 3.63. The molecule has 2 N–H and O–H groups in total. The zero-order valence-corrected chi connectivity index (χ0v) is 23.5. The lowest BCUT2D eigenvalue weighted by Crippen LogP contribution is -2.40. The fraction of sp³-hybridized carbons (Fsp3) is 0.154. The molecule has 4 aromatic rings. The first kappa shape index (κ1) is 29.3. The maximum Gasteiger partial charge on any atom is 0.417 e. The van der Waals surface area contributed by atoms with Crippen molar-refractivity contribution >= 4 is 44.5 Å². The molecule has 0 bridgehead atoms. The molecule has 0 aliphatic rings. The van der Waals surface area contributed by atoms with Crippen molar-refractivity contribution in [1.29, 1.82) is 0 Å². The Labute approximate surface area is 238 Å². The monoisotopic (exact) mass is 597 g/mol. The summed E-state index contributed by atoms with van der Waals surface area (Å²) in [4.78, 5) is 37.9. The largest absolute Gasteiger partial charge is 0.417 e. The van der Waals surface area contributed by atoms with Crippen LogP contribution in [-0.2, 0) is 10.0 Å². The van der Waals surface area contributed by atoms with E-state index >= 15 is 0 Å². The molecule has 13 nitrogen and oxygen atoms in total. The molecule has 1 amide bonds. The van der Waals surface area contributed by atoms with Crippen molar-refractivity contribution in [3.8, 4) is 26.8 Å². The number of nitrogens with zero attached hydrogens (tertiary/aromatic N) is 3. The van der Waals surface area contributed by atoms with E-state index in [0.717, 1.165) is 0 Å². The van der Waals surface area contributed by atoms with Gasteiger partial charge in [-0.1, -0.05) is 6.07 Å². The predicted octanol–water partition coefficient (Wildman–Crippen LogP) is 5.98. The molecule has 212 valence electrons. The van der Waals surface area contributed by atoms with Crippen molar-refractivity contribution < 1.29 is 27.8 Å². The lowest BCUT2D eigenvalue weighted by molar-refractivity contribution is -0.385. The highest BCUT2D eigenvalue weighted by Crippen LogP contribution is 2.37. The van der Waals surface area contributed by atoms with Crippen LogP contribution in [0.4, 0.5) is 21.9 Å². The molecule has 0 unspecified atom stereocenters. The Morgan fingerprint density at radius 2 is 1.51 bits per heavy atom. The first-order valence-corrected chi connectivity index (χ1v) is 14.1. The molecule has 0 radical (unpaired) electrons. The van der Waals surface area contributed by atoms with Gasteiger partial charge in [0.25, 0.3) is 11.4 Å². The van der Waals surface area contributed by atoms with Gasteiger partial charge >= 0.3 is 6.09 Å². The molecule has 0 atom stereocenters. The molecular formula is C26H23N5O8S2. The third-order valence-corrected chi connectivity index (χ3v) is 8.19. The van der Waals surface area contributed by atoms with Gasteiger partial charge < -0.3 is 4.74 Å². The van der Waals surface area contributed by atoms with E-state index < -0.39 is 31.5 Å². The van der Waals surface area contributed by atoms with E-state index in [2.05, 4.69) is 15.0 Å². The summed E-state index contributed by atoms with van der Waals surface area (Å²) in [6.45, 7) is 5.06. The predicted molar refractivity (Wildman–Crippen MR) is 152 cm³/mol. The minimum Gasteiger partial charge on any atom is -0.410 e. The van der Waals surface area contributed by atoms with Crippen LogP contribution in [0.15, 0.2) is 77.8 Å². The number of anilines is 1. The minimum atomic E-state index is -4.10. The Kier molecular flexibility index (Phi) is 8.14. The van der Waals surface area contributed by atoms with Crippen molar-refractivity contribution in [2.24, 2.45) is 0 Å². The zero-order valence-electron chi connectivity index (χ0n) is 21.9. The summed E-state index contributed by atoms with van der Waals surface area (Å²) in [5.41, 5.74) is 0.0104. The summed E-state index contributed by atoms with van der Waals surface area (Å²) >= 11 is 1.19. The lowest BCUT2D eigenvalue weighted by Gasteiger charge is -2.22. The van der Waals surface area contributed by atoms with Crippen LogP contribution in [0.3, 0.4) is 0 Å². The van der Waals surface area contributed by atoms with Gasteiger partial charge in [0, 0.05) is 52.8 Å². The van der Waals surface area contributed by atoms with Crippen LogP contribution in [0.25, 0.3) is 21.0 Å². The normalized spacial score (nSPS) is 11.6. The molecule has 0 fully saturated rings. The number of hydrogen-bond acceptors (Lipinski definition) is 10. The number of rotatable bonds is 8. The Balaban J connectivity index is 1.65. The first-order valence-electron chi connectivity index (χ1n) is 11.8. The maximum atomic E-state index is 13.4. The van der Waals surface area contributed by atoms with Gasteiger partial charge in [0.2, 0.25) is 10.0 Å². The summed E-state index contributed by atoms with van der Waals surface area (Å²) in [6.07, 6.45) is 0.569. The van der Waals surface area contributed by atoms with E-state index in [0.29, 0.717) is 21.0 Å². The van der Waals surface area contributed by atoms with Crippen LogP contribution >= 0.6 is 11.3 Å². The maximum absolute atomic E-state index is 13.4. The Morgan fingerprint density at radius 1 is 0.927 bits per heavy atom. The van der Waals surface area contributed by atoms with Gasteiger partial charge in [-0.2, -0.15) is 0 Å². The lowest BCUT2D eigenvalue weighted by atomic mass is 10.1. The Bertz CT molecular complexity index is 1730. The van der Waals surface area contributed by atoms with Crippen LogP contribution in [0.1, 0.15) is 20.8 Å². The smallest absolute Gasteiger partial charge is 0.410 e. The molecule has 0 aliphatic heterocycles. The highest BCUT2D eigenvalue weighted by molar-refractivity contribution is 7.89. The summed E-state index contributed by atoms with van der Waals surface area (Å²) in [6, 6.07) is 15.0.